The lowest BCUT2D eigenvalue weighted by molar-refractivity contribution is -0.0440. The first-order valence-corrected chi connectivity index (χ1v) is 12.5. The van der Waals surface area contributed by atoms with Gasteiger partial charge in [-0.3, -0.25) is 0 Å². The van der Waals surface area contributed by atoms with Crippen LogP contribution < -0.4 is 0 Å². The largest absolute Gasteiger partial charge is 0.455 e. The number of morpholine rings is 1. The molecular weight excluding hydrogens is 476 g/mol. The molecule has 4 rings (SSSR count). The lowest BCUT2D eigenvalue weighted by Crippen LogP contribution is -2.48. The molecule has 1 aliphatic rings. The van der Waals surface area contributed by atoms with Crippen molar-refractivity contribution in [2.24, 2.45) is 0 Å². The van der Waals surface area contributed by atoms with Gasteiger partial charge in [0.25, 0.3) is 0 Å². The molecule has 32 heavy (non-hydrogen) atoms. The third-order valence-corrected chi connectivity index (χ3v) is 7.98. The molecule has 0 spiro atoms. The molecule has 0 bridgehead atoms. The number of hydrogen-bond acceptors (Lipinski definition) is 8. The third-order valence-electron chi connectivity index (χ3n) is 4.81. The maximum Gasteiger partial charge on any atom is 0.338 e. The molecule has 0 radical (unpaired) electrons. The van der Waals surface area contributed by atoms with E-state index >= 15 is 0 Å². The monoisotopic (exact) mass is 496 g/mol. The quantitative estimate of drug-likeness (QED) is 0.471. The normalized spacial score (nSPS) is 19.7. The van der Waals surface area contributed by atoms with E-state index in [0.29, 0.717) is 11.6 Å². The third kappa shape index (κ3) is 4.89. The Morgan fingerprint density at radius 1 is 1.28 bits per heavy atom. The Balaban J connectivity index is 1.49. The van der Waals surface area contributed by atoms with Crippen molar-refractivity contribution in [2.45, 2.75) is 37.6 Å². The van der Waals surface area contributed by atoms with Crippen LogP contribution in [0.1, 0.15) is 29.9 Å². The van der Waals surface area contributed by atoms with Gasteiger partial charge in [-0.15, -0.1) is 11.3 Å². The van der Waals surface area contributed by atoms with Gasteiger partial charge < -0.3 is 13.9 Å². The highest BCUT2D eigenvalue weighted by Crippen LogP contribution is 2.29. The van der Waals surface area contributed by atoms with Crippen LogP contribution >= 0.6 is 22.9 Å². The molecule has 2 unspecified atom stereocenters. The minimum Gasteiger partial charge on any atom is -0.455 e. The molecule has 3 heterocycles. The summed E-state index contributed by atoms with van der Waals surface area (Å²) in [6.45, 7) is 3.91. The molecule has 1 aromatic carbocycles. The van der Waals surface area contributed by atoms with Gasteiger partial charge in [-0.2, -0.15) is 4.31 Å². The molecule has 0 saturated carbocycles. The van der Waals surface area contributed by atoms with Crippen LogP contribution in [0.4, 0.5) is 0 Å². The fraction of sp³-hybridized carbons (Fsp3) is 0.333. The number of carbonyl (C=O) groups is 1. The highest BCUT2D eigenvalue weighted by Gasteiger charge is 2.34. The van der Waals surface area contributed by atoms with Crippen molar-refractivity contribution in [1.29, 1.82) is 0 Å². The van der Waals surface area contributed by atoms with Crippen LogP contribution in [0.25, 0.3) is 10.8 Å². The Bertz CT molecular complexity index is 1200. The summed E-state index contributed by atoms with van der Waals surface area (Å²) < 4.78 is 44.0. The predicted molar refractivity (Wildman–Crippen MR) is 119 cm³/mol. The average Bonchev–Trinajstić information content (AvgIpc) is 3.43. The number of benzene rings is 1. The van der Waals surface area contributed by atoms with E-state index in [1.807, 2.05) is 17.5 Å². The zero-order valence-corrected chi connectivity index (χ0v) is 19.7. The molecule has 3 aromatic rings. The lowest BCUT2D eigenvalue weighted by Gasteiger charge is -2.34. The van der Waals surface area contributed by atoms with Crippen LogP contribution in [0.5, 0.6) is 0 Å². The summed E-state index contributed by atoms with van der Waals surface area (Å²) in [6, 6.07) is 7.80. The van der Waals surface area contributed by atoms with Crippen LogP contribution in [0.3, 0.4) is 0 Å². The maximum absolute atomic E-state index is 13.2. The first kappa shape index (κ1) is 22.9. The summed E-state index contributed by atoms with van der Waals surface area (Å²) >= 11 is 7.67. The summed E-state index contributed by atoms with van der Waals surface area (Å²) in [5, 5.41) is 1.94. The Kier molecular flexibility index (Phi) is 6.68. The van der Waals surface area contributed by atoms with Gasteiger partial charge in [0.1, 0.15) is 23.5 Å². The zero-order valence-electron chi connectivity index (χ0n) is 17.4. The molecule has 1 aliphatic heterocycles. The van der Waals surface area contributed by atoms with Gasteiger partial charge in [-0.25, -0.2) is 18.2 Å². The second-order valence-electron chi connectivity index (χ2n) is 7.42. The van der Waals surface area contributed by atoms with E-state index in [-0.39, 0.29) is 47.4 Å². The van der Waals surface area contributed by atoms with Crippen molar-refractivity contribution in [3.8, 4) is 10.8 Å². The molecule has 0 N–H and O–H groups in total. The minimum atomic E-state index is -3.92. The van der Waals surface area contributed by atoms with E-state index in [2.05, 4.69) is 4.98 Å². The number of hydrogen-bond donors (Lipinski definition) is 0. The van der Waals surface area contributed by atoms with E-state index in [4.69, 9.17) is 25.5 Å². The number of thiophene rings is 1. The molecule has 0 amide bonds. The smallest absolute Gasteiger partial charge is 0.338 e. The molecule has 1 fully saturated rings. The number of nitrogens with zero attached hydrogens (tertiary/aromatic N) is 2. The van der Waals surface area contributed by atoms with Gasteiger partial charge >= 0.3 is 5.97 Å². The fourth-order valence-corrected chi connectivity index (χ4v) is 6.15. The number of carbonyl (C=O) groups excluding carboxylic acids is 1. The van der Waals surface area contributed by atoms with E-state index in [0.717, 1.165) is 4.88 Å². The molecule has 170 valence electrons. The van der Waals surface area contributed by atoms with Gasteiger partial charge in [0.15, 0.2) is 0 Å². The van der Waals surface area contributed by atoms with Crippen LogP contribution in [0, 0.1) is 0 Å². The Morgan fingerprint density at radius 2 is 2.03 bits per heavy atom. The van der Waals surface area contributed by atoms with Gasteiger partial charge in [-0.1, -0.05) is 17.7 Å². The van der Waals surface area contributed by atoms with Crippen LogP contribution in [-0.2, 0) is 26.1 Å². The number of ether oxygens (including phenoxy) is 2. The highest BCUT2D eigenvalue weighted by atomic mass is 35.5. The summed E-state index contributed by atoms with van der Waals surface area (Å²) in [4.78, 5) is 17.6. The van der Waals surface area contributed by atoms with E-state index in [1.54, 1.807) is 13.8 Å². The van der Waals surface area contributed by atoms with Gasteiger partial charge in [-0.05, 0) is 43.5 Å². The topological polar surface area (TPSA) is 98.9 Å². The Hall–Kier alpha value is -2.24. The van der Waals surface area contributed by atoms with Crippen LogP contribution in [-0.4, -0.2) is 49.0 Å². The summed E-state index contributed by atoms with van der Waals surface area (Å²) in [5.41, 5.74) is 0.518. The van der Waals surface area contributed by atoms with E-state index in [1.165, 1.54) is 40.1 Å². The standard InChI is InChI=1S/C21H21ClN2O6S2/c1-13-9-24(10-14(2)30-13)32(26,27)19-8-15(5-6-17(19)22)21(25)29-12-16-11-28-20(23-16)18-4-3-7-31-18/h3-8,11,13-14H,9-10,12H2,1-2H3. The van der Waals surface area contributed by atoms with Crippen molar-refractivity contribution >= 4 is 38.9 Å². The second kappa shape index (κ2) is 9.32. The van der Waals surface area contributed by atoms with Crippen molar-refractivity contribution in [1.82, 2.24) is 9.29 Å². The number of aromatic nitrogens is 1. The SMILES string of the molecule is CC1CN(S(=O)(=O)c2cc(C(=O)OCc3coc(-c4cccs4)n3)ccc2Cl)CC(C)O1. The second-order valence-corrected chi connectivity index (χ2v) is 10.7. The number of halogens is 1. The number of rotatable bonds is 6. The fourth-order valence-electron chi connectivity index (χ4n) is 3.40. The van der Waals surface area contributed by atoms with E-state index < -0.39 is 16.0 Å². The van der Waals surface area contributed by atoms with Gasteiger partial charge in [0.2, 0.25) is 15.9 Å². The molecule has 1 saturated heterocycles. The molecular formula is C21H21ClN2O6S2. The number of esters is 1. The van der Waals surface area contributed by atoms with Crippen molar-refractivity contribution in [3.05, 3.63) is 58.3 Å². The predicted octanol–water partition coefficient (Wildman–Crippen LogP) is 4.21. The Labute approximate surface area is 194 Å². The summed E-state index contributed by atoms with van der Waals surface area (Å²) in [5.74, 6) is -0.248. The first-order chi connectivity index (χ1) is 15.2. The number of sulfonamides is 1. The molecule has 2 atom stereocenters. The summed E-state index contributed by atoms with van der Waals surface area (Å²) in [7, 11) is -3.92. The van der Waals surface area contributed by atoms with Crippen molar-refractivity contribution in [3.63, 3.8) is 0 Å². The van der Waals surface area contributed by atoms with Crippen molar-refractivity contribution < 1.29 is 27.1 Å². The molecule has 2 aromatic heterocycles. The average molecular weight is 497 g/mol. The van der Waals surface area contributed by atoms with Crippen molar-refractivity contribution in [2.75, 3.05) is 13.1 Å². The first-order valence-electron chi connectivity index (χ1n) is 9.84. The zero-order chi connectivity index (χ0) is 22.9. The molecule has 0 aliphatic carbocycles. The highest BCUT2D eigenvalue weighted by molar-refractivity contribution is 7.89. The molecule has 11 heteroatoms. The van der Waals surface area contributed by atoms with Gasteiger partial charge in [0.05, 0.1) is 27.7 Å². The van der Waals surface area contributed by atoms with Crippen LogP contribution in [0.2, 0.25) is 5.02 Å². The van der Waals surface area contributed by atoms with Gasteiger partial charge in [0, 0.05) is 13.1 Å². The Morgan fingerprint density at radius 3 is 2.72 bits per heavy atom. The van der Waals surface area contributed by atoms with Crippen LogP contribution in [0.15, 0.2) is 51.3 Å². The minimum absolute atomic E-state index is 0.0328. The summed E-state index contributed by atoms with van der Waals surface area (Å²) in [6.07, 6.45) is 0.921. The van der Waals surface area contributed by atoms with E-state index in [9.17, 15) is 13.2 Å². The molecule has 8 nitrogen and oxygen atoms in total. The number of oxazole rings is 1. The maximum atomic E-state index is 13.2. The lowest BCUT2D eigenvalue weighted by atomic mass is 10.2.